The number of aromatic nitrogens is 3. The number of rotatable bonds is 2. The molecule has 2 N–H and O–H groups in total. The van der Waals surface area contributed by atoms with Crippen molar-refractivity contribution in [1.29, 1.82) is 0 Å². The number of anilines is 1. The molecule has 3 aromatic rings. The molecule has 1 saturated heterocycles. The number of nitrogens with zero attached hydrogens (tertiary/aromatic N) is 4. The molecule has 1 amide bonds. The number of piperazine rings is 1. The average Bonchev–Trinajstić information content (AvgIpc) is 3.06. The molecule has 0 aliphatic carbocycles. The van der Waals surface area contributed by atoms with E-state index in [1.54, 1.807) is 17.0 Å². The first-order chi connectivity index (χ1) is 11.7. The Bertz CT molecular complexity index is 833. The summed E-state index contributed by atoms with van der Waals surface area (Å²) in [5, 5.41) is 9.31. The molecule has 0 atom stereocenters. The van der Waals surface area contributed by atoms with Crippen molar-refractivity contribution >= 4 is 22.8 Å². The molecule has 0 saturated carbocycles. The number of hydrogen-bond donors (Lipinski definition) is 2. The van der Waals surface area contributed by atoms with E-state index in [9.17, 15) is 9.90 Å². The third-order valence-corrected chi connectivity index (χ3v) is 4.22. The lowest BCUT2D eigenvalue weighted by molar-refractivity contribution is 0.0735. The molecule has 24 heavy (non-hydrogen) atoms. The molecular formula is C17H17N5O2. The van der Waals surface area contributed by atoms with Gasteiger partial charge in [-0.2, -0.15) is 0 Å². The van der Waals surface area contributed by atoms with Gasteiger partial charge in [-0.3, -0.25) is 4.79 Å². The smallest absolute Gasteiger partial charge is 0.289 e. The molecule has 7 nitrogen and oxygen atoms in total. The molecule has 122 valence electrons. The van der Waals surface area contributed by atoms with E-state index in [2.05, 4.69) is 19.9 Å². The van der Waals surface area contributed by atoms with Crippen molar-refractivity contribution in [3.05, 3.63) is 48.4 Å². The summed E-state index contributed by atoms with van der Waals surface area (Å²) in [7, 11) is 0. The predicted molar refractivity (Wildman–Crippen MR) is 90.1 cm³/mol. The molecule has 4 rings (SSSR count). The number of hydrogen-bond acceptors (Lipinski definition) is 5. The van der Waals surface area contributed by atoms with Crippen LogP contribution < -0.4 is 4.90 Å². The summed E-state index contributed by atoms with van der Waals surface area (Å²) in [6.07, 6.45) is 1.43. The van der Waals surface area contributed by atoms with E-state index in [-0.39, 0.29) is 11.7 Å². The second kappa shape index (κ2) is 5.84. The van der Waals surface area contributed by atoms with Gasteiger partial charge in [-0.15, -0.1) is 0 Å². The van der Waals surface area contributed by atoms with Crippen molar-refractivity contribution in [3.63, 3.8) is 0 Å². The largest absolute Gasteiger partial charge is 0.506 e. The highest BCUT2D eigenvalue weighted by Gasteiger charge is 2.24. The van der Waals surface area contributed by atoms with Gasteiger partial charge in [-0.25, -0.2) is 9.97 Å². The van der Waals surface area contributed by atoms with Gasteiger partial charge in [-0.1, -0.05) is 12.1 Å². The molecular weight excluding hydrogens is 306 g/mol. The maximum Gasteiger partial charge on any atom is 0.289 e. The molecule has 0 spiro atoms. The van der Waals surface area contributed by atoms with Crippen molar-refractivity contribution < 1.29 is 9.90 Å². The topological polar surface area (TPSA) is 85.4 Å². The number of amides is 1. The Kier molecular flexibility index (Phi) is 3.53. The maximum absolute atomic E-state index is 12.6. The SMILES string of the molecule is O=C(c1nc2ccccc2[nH]1)N1CCN(c2ccc(O)cn2)CC1. The Morgan fingerprint density at radius 1 is 1.08 bits per heavy atom. The maximum atomic E-state index is 12.6. The van der Waals surface area contributed by atoms with Crippen LogP contribution in [0.4, 0.5) is 5.82 Å². The Morgan fingerprint density at radius 2 is 1.88 bits per heavy atom. The monoisotopic (exact) mass is 323 g/mol. The van der Waals surface area contributed by atoms with Crippen LogP contribution in [0.2, 0.25) is 0 Å². The van der Waals surface area contributed by atoms with E-state index >= 15 is 0 Å². The third-order valence-electron chi connectivity index (χ3n) is 4.22. The molecule has 1 fully saturated rings. The number of aromatic amines is 1. The molecule has 0 bridgehead atoms. The summed E-state index contributed by atoms with van der Waals surface area (Å²) in [6.45, 7) is 2.62. The summed E-state index contributed by atoms with van der Waals surface area (Å²) in [6, 6.07) is 11.0. The first kappa shape index (κ1) is 14.5. The van der Waals surface area contributed by atoms with Gasteiger partial charge in [0.2, 0.25) is 0 Å². The summed E-state index contributed by atoms with van der Waals surface area (Å²) >= 11 is 0. The summed E-state index contributed by atoms with van der Waals surface area (Å²) in [5.74, 6) is 1.26. The minimum absolute atomic E-state index is 0.0792. The number of pyridine rings is 1. The van der Waals surface area contributed by atoms with Crippen LogP contribution in [0.3, 0.4) is 0 Å². The number of imidazole rings is 1. The van der Waals surface area contributed by atoms with E-state index in [1.165, 1.54) is 6.20 Å². The van der Waals surface area contributed by atoms with Crippen LogP contribution in [0.15, 0.2) is 42.6 Å². The van der Waals surface area contributed by atoms with Crippen LogP contribution in [0.25, 0.3) is 11.0 Å². The molecule has 0 unspecified atom stereocenters. The molecule has 2 aromatic heterocycles. The fourth-order valence-electron chi connectivity index (χ4n) is 2.91. The lowest BCUT2D eigenvalue weighted by Crippen LogP contribution is -2.49. The van der Waals surface area contributed by atoms with Gasteiger partial charge in [0, 0.05) is 26.2 Å². The Labute approximate surface area is 138 Å². The number of aromatic hydroxyl groups is 1. The van der Waals surface area contributed by atoms with Gasteiger partial charge in [0.15, 0.2) is 5.82 Å². The van der Waals surface area contributed by atoms with Crippen molar-refractivity contribution in [1.82, 2.24) is 19.9 Å². The number of nitrogens with one attached hydrogen (secondary N) is 1. The highest BCUT2D eigenvalue weighted by atomic mass is 16.3. The minimum Gasteiger partial charge on any atom is -0.506 e. The van der Waals surface area contributed by atoms with Crippen molar-refractivity contribution in [2.75, 3.05) is 31.1 Å². The van der Waals surface area contributed by atoms with E-state index in [4.69, 9.17) is 0 Å². The van der Waals surface area contributed by atoms with Gasteiger partial charge < -0.3 is 19.9 Å². The predicted octanol–water partition coefficient (Wildman–Crippen LogP) is 1.63. The van der Waals surface area contributed by atoms with Crippen LogP contribution >= 0.6 is 0 Å². The van der Waals surface area contributed by atoms with Crippen LogP contribution in [0.1, 0.15) is 10.6 Å². The second-order valence-electron chi connectivity index (χ2n) is 5.76. The molecule has 3 heterocycles. The zero-order valence-corrected chi connectivity index (χ0v) is 13.0. The quantitative estimate of drug-likeness (QED) is 0.748. The zero-order chi connectivity index (χ0) is 16.5. The van der Waals surface area contributed by atoms with E-state index < -0.39 is 0 Å². The second-order valence-corrected chi connectivity index (χ2v) is 5.76. The van der Waals surface area contributed by atoms with Crippen LogP contribution in [-0.2, 0) is 0 Å². The molecule has 1 aromatic carbocycles. The van der Waals surface area contributed by atoms with Gasteiger partial charge in [0.25, 0.3) is 5.91 Å². The lowest BCUT2D eigenvalue weighted by atomic mass is 10.3. The summed E-state index contributed by atoms with van der Waals surface area (Å²) in [5.41, 5.74) is 1.67. The standard InChI is InChI=1S/C17H17N5O2/c23-12-5-6-15(18-11-12)21-7-9-22(10-8-21)17(24)16-19-13-3-1-2-4-14(13)20-16/h1-6,11,23H,7-10H2,(H,19,20). The van der Waals surface area contributed by atoms with Gasteiger partial charge in [0.1, 0.15) is 11.6 Å². The number of para-hydroxylation sites is 2. The zero-order valence-electron chi connectivity index (χ0n) is 13.0. The molecule has 0 radical (unpaired) electrons. The fraction of sp³-hybridized carbons (Fsp3) is 0.235. The highest BCUT2D eigenvalue weighted by molar-refractivity contribution is 5.94. The first-order valence-electron chi connectivity index (χ1n) is 7.85. The number of carbonyl (C=O) groups excluding carboxylic acids is 1. The average molecular weight is 323 g/mol. The van der Waals surface area contributed by atoms with Crippen LogP contribution in [0, 0.1) is 0 Å². The minimum atomic E-state index is -0.0792. The van der Waals surface area contributed by atoms with E-state index in [1.807, 2.05) is 24.3 Å². The van der Waals surface area contributed by atoms with Crippen molar-refractivity contribution in [2.24, 2.45) is 0 Å². The van der Waals surface area contributed by atoms with Gasteiger partial charge in [0.05, 0.1) is 17.2 Å². The van der Waals surface area contributed by atoms with Gasteiger partial charge in [-0.05, 0) is 24.3 Å². The first-order valence-corrected chi connectivity index (χ1v) is 7.85. The van der Waals surface area contributed by atoms with Crippen molar-refractivity contribution in [3.8, 4) is 5.75 Å². The van der Waals surface area contributed by atoms with E-state index in [0.29, 0.717) is 32.0 Å². The Hall–Kier alpha value is -3.09. The fourth-order valence-corrected chi connectivity index (χ4v) is 2.91. The number of benzene rings is 1. The highest BCUT2D eigenvalue weighted by Crippen LogP contribution is 2.18. The molecule has 1 aliphatic heterocycles. The summed E-state index contributed by atoms with van der Waals surface area (Å²) < 4.78 is 0. The Morgan fingerprint density at radius 3 is 2.58 bits per heavy atom. The number of H-pyrrole nitrogens is 1. The lowest BCUT2D eigenvalue weighted by Gasteiger charge is -2.35. The van der Waals surface area contributed by atoms with Gasteiger partial charge >= 0.3 is 0 Å². The molecule has 1 aliphatic rings. The molecule has 7 heteroatoms. The third kappa shape index (κ3) is 2.64. The Balaban J connectivity index is 1.45. The van der Waals surface area contributed by atoms with E-state index in [0.717, 1.165) is 16.9 Å². The van der Waals surface area contributed by atoms with Crippen molar-refractivity contribution in [2.45, 2.75) is 0 Å². The van der Waals surface area contributed by atoms with Crippen LogP contribution in [0.5, 0.6) is 5.75 Å². The number of fused-ring (bicyclic) bond motifs is 1. The normalized spacial score (nSPS) is 15.0. The number of carbonyl (C=O) groups is 1. The summed E-state index contributed by atoms with van der Waals surface area (Å²) in [4.78, 5) is 28.2. The van der Waals surface area contributed by atoms with Crippen LogP contribution in [-0.4, -0.2) is 57.0 Å².